The molecule has 0 atom stereocenters. The van der Waals surface area contributed by atoms with Crippen molar-refractivity contribution < 1.29 is 4.39 Å². The summed E-state index contributed by atoms with van der Waals surface area (Å²) in [4.78, 5) is 14.9. The zero-order valence-corrected chi connectivity index (χ0v) is 19.3. The monoisotopic (exact) mass is 456 g/mol. The summed E-state index contributed by atoms with van der Waals surface area (Å²) >= 11 is 1.54. The van der Waals surface area contributed by atoms with Crippen LogP contribution in [0.3, 0.4) is 0 Å². The van der Waals surface area contributed by atoms with E-state index in [1.807, 2.05) is 24.3 Å². The van der Waals surface area contributed by atoms with Gasteiger partial charge in [-0.05, 0) is 31.3 Å². The van der Waals surface area contributed by atoms with Gasteiger partial charge in [0.2, 0.25) is 0 Å². The molecule has 0 unspecified atom stereocenters. The van der Waals surface area contributed by atoms with E-state index < -0.39 is 0 Å². The van der Waals surface area contributed by atoms with Crippen LogP contribution in [0.5, 0.6) is 0 Å². The number of nitrogens with zero attached hydrogens (tertiary/aromatic N) is 4. The topological polar surface area (TPSA) is 31.7 Å². The molecule has 0 spiro atoms. The fraction of sp³-hybridized carbons (Fsp3) is 0.185. The van der Waals surface area contributed by atoms with Gasteiger partial charge in [-0.2, -0.15) is 0 Å². The highest BCUT2D eigenvalue weighted by Crippen LogP contribution is 2.40. The Kier molecular flexibility index (Phi) is 6.28. The number of rotatable bonds is 4. The van der Waals surface area contributed by atoms with Gasteiger partial charge in [-0.15, -0.1) is 0 Å². The quantitative estimate of drug-likeness (QED) is 0.281. The first-order valence-electron chi connectivity index (χ1n) is 11.1. The van der Waals surface area contributed by atoms with Gasteiger partial charge in [0.15, 0.2) is 0 Å². The first kappa shape index (κ1) is 21.5. The lowest BCUT2D eigenvalue weighted by Gasteiger charge is -2.34. The first-order valence-corrected chi connectivity index (χ1v) is 11.9. The highest BCUT2D eigenvalue weighted by atomic mass is 32.1. The SMILES string of the molecule is CN1CCN(/C(=N/c2sc(-c3ccc(F)cc3)nc2-c2ccccc2)c2ccccc2)CC1. The van der Waals surface area contributed by atoms with Crippen LogP contribution < -0.4 is 0 Å². The molecule has 5 rings (SSSR count). The minimum Gasteiger partial charge on any atom is -0.354 e. The lowest BCUT2D eigenvalue weighted by molar-refractivity contribution is 0.216. The lowest BCUT2D eigenvalue weighted by Crippen LogP contribution is -2.47. The van der Waals surface area contributed by atoms with Crippen LogP contribution in [0.4, 0.5) is 9.39 Å². The van der Waals surface area contributed by atoms with Gasteiger partial charge >= 0.3 is 0 Å². The molecule has 0 saturated carbocycles. The number of piperazine rings is 1. The number of hydrogen-bond acceptors (Lipinski definition) is 4. The minimum absolute atomic E-state index is 0.252. The lowest BCUT2D eigenvalue weighted by atomic mass is 10.1. The molecular formula is C27H25FN4S. The Morgan fingerprint density at radius 2 is 1.45 bits per heavy atom. The van der Waals surface area contributed by atoms with Gasteiger partial charge in [-0.3, -0.25) is 0 Å². The number of benzene rings is 3. The first-order chi connectivity index (χ1) is 16.2. The molecule has 33 heavy (non-hydrogen) atoms. The van der Waals surface area contributed by atoms with Crippen LogP contribution in [0.15, 0.2) is 89.9 Å². The Bertz CT molecular complexity index is 1230. The second-order valence-electron chi connectivity index (χ2n) is 8.14. The van der Waals surface area contributed by atoms with E-state index in [2.05, 4.69) is 53.2 Å². The van der Waals surface area contributed by atoms with Crippen molar-refractivity contribution in [3.8, 4) is 21.8 Å². The third-order valence-corrected chi connectivity index (χ3v) is 6.79. The molecule has 1 saturated heterocycles. The maximum Gasteiger partial charge on any atom is 0.146 e. The van der Waals surface area contributed by atoms with Crippen molar-refractivity contribution in [1.82, 2.24) is 14.8 Å². The summed E-state index contributed by atoms with van der Waals surface area (Å²) in [6.45, 7) is 3.85. The zero-order chi connectivity index (χ0) is 22.6. The van der Waals surface area contributed by atoms with Crippen molar-refractivity contribution in [2.24, 2.45) is 4.99 Å². The molecule has 1 aromatic heterocycles. The molecule has 166 valence electrons. The average Bonchev–Trinajstić information content (AvgIpc) is 3.29. The molecular weight excluding hydrogens is 431 g/mol. The van der Waals surface area contributed by atoms with Gasteiger partial charge in [-0.1, -0.05) is 72.0 Å². The number of aromatic nitrogens is 1. The Labute approximate surface area is 197 Å². The summed E-state index contributed by atoms with van der Waals surface area (Å²) in [6, 6.07) is 27.0. The van der Waals surface area contributed by atoms with E-state index in [1.54, 1.807) is 23.5 Å². The van der Waals surface area contributed by atoms with Crippen LogP contribution in [-0.2, 0) is 0 Å². The third kappa shape index (κ3) is 4.87. The summed E-state index contributed by atoms with van der Waals surface area (Å²) in [5.74, 6) is 0.716. The predicted octanol–water partition coefficient (Wildman–Crippen LogP) is 5.94. The average molecular weight is 457 g/mol. The molecule has 0 amide bonds. The molecule has 4 nitrogen and oxygen atoms in total. The minimum atomic E-state index is -0.252. The Hall–Kier alpha value is -3.35. The van der Waals surface area contributed by atoms with Crippen LogP contribution >= 0.6 is 11.3 Å². The Morgan fingerprint density at radius 1 is 0.818 bits per heavy atom. The molecule has 1 fully saturated rings. The smallest absolute Gasteiger partial charge is 0.146 e. The summed E-state index contributed by atoms with van der Waals surface area (Å²) < 4.78 is 13.5. The summed E-state index contributed by atoms with van der Waals surface area (Å²) in [6.07, 6.45) is 0. The molecule has 3 aromatic carbocycles. The van der Waals surface area contributed by atoms with Crippen molar-refractivity contribution in [3.63, 3.8) is 0 Å². The van der Waals surface area contributed by atoms with Crippen LogP contribution in [-0.4, -0.2) is 53.8 Å². The van der Waals surface area contributed by atoms with E-state index in [1.165, 1.54) is 12.1 Å². The summed E-state index contributed by atoms with van der Waals surface area (Å²) in [7, 11) is 2.16. The number of amidine groups is 1. The normalized spacial score (nSPS) is 15.1. The molecule has 0 aliphatic carbocycles. The molecule has 6 heteroatoms. The number of thiazole rings is 1. The van der Waals surface area contributed by atoms with Gasteiger partial charge in [0.25, 0.3) is 0 Å². The fourth-order valence-electron chi connectivity index (χ4n) is 3.91. The van der Waals surface area contributed by atoms with Crippen LogP contribution in [0.2, 0.25) is 0 Å². The number of halogens is 1. The van der Waals surface area contributed by atoms with E-state index in [0.29, 0.717) is 0 Å². The molecule has 2 heterocycles. The largest absolute Gasteiger partial charge is 0.354 e. The number of likely N-dealkylation sites (N-methyl/N-ethyl adjacent to an activating group) is 1. The Balaban J connectivity index is 1.64. The molecule has 0 radical (unpaired) electrons. The van der Waals surface area contributed by atoms with Crippen LogP contribution in [0.25, 0.3) is 21.8 Å². The van der Waals surface area contributed by atoms with Gasteiger partial charge in [0.05, 0.1) is 0 Å². The van der Waals surface area contributed by atoms with E-state index in [9.17, 15) is 4.39 Å². The summed E-state index contributed by atoms with van der Waals surface area (Å²) in [5, 5.41) is 1.69. The predicted molar refractivity (Wildman–Crippen MR) is 135 cm³/mol. The molecule has 1 aliphatic heterocycles. The van der Waals surface area contributed by atoms with Gasteiger partial charge in [0.1, 0.15) is 27.4 Å². The standard InChI is InChI=1S/C27H25FN4S/c1-31-16-18-32(19-17-31)25(21-10-6-3-7-11-21)30-27-24(20-8-4-2-5-9-20)29-26(33-27)22-12-14-23(28)15-13-22/h2-15H,16-19H2,1H3/b30-25+. The molecule has 0 N–H and O–H groups in total. The van der Waals surface area contributed by atoms with Crippen LogP contribution in [0.1, 0.15) is 5.56 Å². The van der Waals surface area contributed by atoms with Crippen LogP contribution in [0, 0.1) is 5.82 Å². The molecule has 4 aromatic rings. The molecule has 1 aliphatic rings. The van der Waals surface area contributed by atoms with Crippen molar-refractivity contribution >= 4 is 22.2 Å². The maximum atomic E-state index is 13.5. The highest BCUT2D eigenvalue weighted by molar-refractivity contribution is 7.19. The van der Waals surface area contributed by atoms with Gasteiger partial charge < -0.3 is 9.80 Å². The fourth-order valence-corrected chi connectivity index (χ4v) is 4.87. The Morgan fingerprint density at radius 3 is 2.12 bits per heavy atom. The second-order valence-corrected chi connectivity index (χ2v) is 9.11. The maximum absolute atomic E-state index is 13.5. The van der Waals surface area contributed by atoms with Gasteiger partial charge in [0, 0.05) is 42.9 Å². The number of aliphatic imine (C=N–C) groups is 1. The summed E-state index contributed by atoms with van der Waals surface area (Å²) in [5.41, 5.74) is 3.85. The highest BCUT2D eigenvalue weighted by Gasteiger charge is 2.21. The van der Waals surface area contributed by atoms with E-state index in [-0.39, 0.29) is 5.82 Å². The van der Waals surface area contributed by atoms with Crippen molar-refractivity contribution in [3.05, 3.63) is 96.3 Å². The van der Waals surface area contributed by atoms with Crippen molar-refractivity contribution in [2.45, 2.75) is 0 Å². The van der Waals surface area contributed by atoms with E-state index in [0.717, 1.165) is 64.4 Å². The third-order valence-electron chi connectivity index (χ3n) is 5.79. The van der Waals surface area contributed by atoms with Crippen molar-refractivity contribution in [2.75, 3.05) is 33.2 Å². The molecule has 0 bridgehead atoms. The van der Waals surface area contributed by atoms with E-state index in [4.69, 9.17) is 9.98 Å². The van der Waals surface area contributed by atoms with Crippen molar-refractivity contribution in [1.29, 1.82) is 0 Å². The zero-order valence-electron chi connectivity index (χ0n) is 18.5. The number of hydrogen-bond donors (Lipinski definition) is 0. The van der Waals surface area contributed by atoms with E-state index >= 15 is 0 Å². The van der Waals surface area contributed by atoms with Gasteiger partial charge in [-0.25, -0.2) is 14.4 Å². The second kappa shape index (κ2) is 9.65.